The van der Waals surface area contributed by atoms with E-state index >= 15 is 0 Å². The Hall–Kier alpha value is -0.870. The van der Waals surface area contributed by atoms with Crippen molar-refractivity contribution in [3.63, 3.8) is 0 Å². The molecule has 0 saturated carbocycles. The van der Waals surface area contributed by atoms with Gasteiger partial charge < -0.3 is 4.90 Å². The van der Waals surface area contributed by atoms with Crippen molar-refractivity contribution >= 4 is 26.8 Å². The number of nitrogens with zero attached hydrogens (tertiary/aromatic N) is 3. The number of rotatable bonds is 6. The van der Waals surface area contributed by atoms with Crippen LogP contribution in [0.3, 0.4) is 0 Å². The number of fused-ring (bicyclic) bond motifs is 1. The van der Waals surface area contributed by atoms with Crippen molar-refractivity contribution in [2.45, 2.75) is 26.8 Å². The van der Waals surface area contributed by atoms with E-state index in [2.05, 4.69) is 68.7 Å². The fraction of sp³-hybridized carbons (Fsp3) is 0.500. The van der Waals surface area contributed by atoms with E-state index in [0.717, 1.165) is 37.2 Å². The van der Waals surface area contributed by atoms with Gasteiger partial charge in [0.05, 0.1) is 5.52 Å². The molecule has 0 spiro atoms. The lowest BCUT2D eigenvalue weighted by Gasteiger charge is -2.17. The minimum Gasteiger partial charge on any atom is -0.304 e. The van der Waals surface area contributed by atoms with Crippen LogP contribution in [0.5, 0.6) is 0 Å². The second kappa shape index (κ2) is 6.34. The largest absolute Gasteiger partial charge is 0.304 e. The molecule has 0 radical (unpaired) electrons. The van der Waals surface area contributed by atoms with E-state index in [9.17, 15) is 0 Å². The topological polar surface area (TPSA) is 21.1 Å². The highest BCUT2D eigenvalue weighted by molar-refractivity contribution is 9.10. The molecule has 18 heavy (non-hydrogen) atoms. The lowest BCUT2D eigenvalue weighted by Crippen LogP contribution is -2.24. The summed E-state index contributed by atoms with van der Waals surface area (Å²) in [6.07, 6.45) is 1.14. The van der Waals surface area contributed by atoms with Gasteiger partial charge in [-0.2, -0.15) is 5.10 Å². The van der Waals surface area contributed by atoms with Gasteiger partial charge in [0.15, 0.2) is 0 Å². The SMILES string of the molecule is CCN(CC)CCCn1nc(Br)c2ccccc21. The molecule has 98 valence electrons. The lowest BCUT2D eigenvalue weighted by atomic mass is 10.2. The first kappa shape index (κ1) is 13.6. The zero-order chi connectivity index (χ0) is 13.0. The van der Waals surface area contributed by atoms with Crippen LogP contribution >= 0.6 is 15.9 Å². The van der Waals surface area contributed by atoms with Crippen LogP contribution in [0.25, 0.3) is 10.9 Å². The van der Waals surface area contributed by atoms with E-state index < -0.39 is 0 Å². The molecule has 0 bridgehead atoms. The average molecular weight is 310 g/mol. The molecule has 1 aromatic carbocycles. The summed E-state index contributed by atoms with van der Waals surface area (Å²) < 4.78 is 3.05. The lowest BCUT2D eigenvalue weighted by molar-refractivity contribution is 0.291. The van der Waals surface area contributed by atoms with Crippen molar-refractivity contribution < 1.29 is 0 Å². The molecule has 0 unspecified atom stereocenters. The summed E-state index contributed by atoms with van der Waals surface area (Å²) >= 11 is 3.52. The molecule has 0 atom stereocenters. The monoisotopic (exact) mass is 309 g/mol. The van der Waals surface area contributed by atoms with Crippen molar-refractivity contribution in [2.75, 3.05) is 19.6 Å². The Bertz CT molecular complexity index is 503. The second-order valence-electron chi connectivity index (χ2n) is 4.41. The minimum atomic E-state index is 0.945. The number of benzene rings is 1. The Kier molecular flexibility index (Phi) is 4.78. The highest BCUT2D eigenvalue weighted by Crippen LogP contribution is 2.22. The van der Waals surface area contributed by atoms with Gasteiger partial charge in [-0.25, -0.2) is 0 Å². The zero-order valence-corrected chi connectivity index (χ0v) is 12.7. The molecule has 0 fully saturated rings. The van der Waals surface area contributed by atoms with E-state index in [1.54, 1.807) is 0 Å². The Balaban J connectivity index is 2.04. The molecule has 4 heteroatoms. The average Bonchev–Trinajstić information content (AvgIpc) is 2.72. The van der Waals surface area contributed by atoms with Crippen LogP contribution in [-0.4, -0.2) is 34.3 Å². The molecule has 1 heterocycles. The van der Waals surface area contributed by atoms with Crippen molar-refractivity contribution in [1.82, 2.24) is 14.7 Å². The maximum atomic E-state index is 4.55. The third-order valence-electron chi connectivity index (χ3n) is 3.35. The molecule has 0 saturated heterocycles. The van der Waals surface area contributed by atoms with Gasteiger partial charge in [0, 0.05) is 11.9 Å². The quantitative estimate of drug-likeness (QED) is 0.814. The molecule has 2 aromatic rings. The number of para-hydroxylation sites is 1. The summed E-state index contributed by atoms with van der Waals surface area (Å²) in [5.74, 6) is 0. The van der Waals surface area contributed by atoms with Gasteiger partial charge >= 0.3 is 0 Å². The molecule has 0 aliphatic heterocycles. The van der Waals surface area contributed by atoms with Gasteiger partial charge in [-0.05, 0) is 48.1 Å². The van der Waals surface area contributed by atoms with Crippen LogP contribution in [0, 0.1) is 0 Å². The van der Waals surface area contributed by atoms with Gasteiger partial charge in [0.25, 0.3) is 0 Å². The predicted octanol–water partition coefficient (Wildman–Crippen LogP) is 3.53. The fourth-order valence-corrected chi connectivity index (χ4v) is 2.77. The summed E-state index contributed by atoms with van der Waals surface area (Å²) in [5, 5.41) is 5.75. The van der Waals surface area contributed by atoms with E-state index in [1.807, 2.05) is 0 Å². The van der Waals surface area contributed by atoms with Crippen LogP contribution < -0.4 is 0 Å². The zero-order valence-electron chi connectivity index (χ0n) is 11.1. The maximum absolute atomic E-state index is 4.55. The number of aryl methyl sites for hydroxylation is 1. The first-order chi connectivity index (χ1) is 8.76. The highest BCUT2D eigenvalue weighted by Gasteiger charge is 2.07. The Labute approximate surface area is 117 Å². The third kappa shape index (κ3) is 2.93. The summed E-state index contributed by atoms with van der Waals surface area (Å²) in [5.41, 5.74) is 1.21. The van der Waals surface area contributed by atoms with E-state index in [0.29, 0.717) is 0 Å². The maximum Gasteiger partial charge on any atom is 0.135 e. The normalized spacial score (nSPS) is 11.6. The van der Waals surface area contributed by atoms with Crippen molar-refractivity contribution in [1.29, 1.82) is 0 Å². The summed E-state index contributed by atoms with van der Waals surface area (Å²) in [6, 6.07) is 8.35. The molecule has 0 aliphatic carbocycles. The van der Waals surface area contributed by atoms with E-state index in [1.165, 1.54) is 10.9 Å². The van der Waals surface area contributed by atoms with Crippen LogP contribution in [-0.2, 0) is 6.54 Å². The van der Waals surface area contributed by atoms with Crippen LogP contribution in [0.1, 0.15) is 20.3 Å². The first-order valence-corrected chi connectivity index (χ1v) is 7.39. The third-order valence-corrected chi connectivity index (χ3v) is 3.94. The Morgan fingerprint density at radius 1 is 1.22 bits per heavy atom. The summed E-state index contributed by atoms with van der Waals surface area (Å²) in [6.45, 7) is 8.79. The number of aromatic nitrogens is 2. The number of hydrogen-bond acceptors (Lipinski definition) is 2. The molecule has 0 N–H and O–H groups in total. The standard InChI is InChI=1S/C14H20BrN3/c1-3-17(4-2)10-7-11-18-13-9-6-5-8-12(13)14(15)16-18/h5-6,8-9H,3-4,7,10-11H2,1-2H3. The first-order valence-electron chi connectivity index (χ1n) is 6.59. The second-order valence-corrected chi connectivity index (χ2v) is 5.16. The van der Waals surface area contributed by atoms with Crippen molar-refractivity contribution in [3.8, 4) is 0 Å². The van der Waals surface area contributed by atoms with Crippen LogP contribution in [0.15, 0.2) is 28.9 Å². The van der Waals surface area contributed by atoms with Crippen molar-refractivity contribution in [3.05, 3.63) is 28.9 Å². The smallest absolute Gasteiger partial charge is 0.135 e. The van der Waals surface area contributed by atoms with Gasteiger partial charge in [-0.15, -0.1) is 0 Å². The molecule has 1 aromatic heterocycles. The molecule has 2 rings (SSSR count). The van der Waals surface area contributed by atoms with Crippen molar-refractivity contribution in [2.24, 2.45) is 0 Å². The molecule has 3 nitrogen and oxygen atoms in total. The van der Waals surface area contributed by atoms with Crippen LogP contribution in [0.4, 0.5) is 0 Å². The molecular formula is C14H20BrN3. The molecular weight excluding hydrogens is 290 g/mol. The van der Waals surface area contributed by atoms with Crippen LogP contribution in [0.2, 0.25) is 0 Å². The Morgan fingerprint density at radius 3 is 2.67 bits per heavy atom. The molecule has 0 amide bonds. The Morgan fingerprint density at radius 2 is 1.94 bits per heavy atom. The summed E-state index contributed by atoms with van der Waals surface area (Å²) in [7, 11) is 0. The molecule has 0 aliphatic rings. The fourth-order valence-electron chi connectivity index (χ4n) is 2.24. The van der Waals surface area contributed by atoms with E-state index in [-0.39, 0.29) is 0 Å². The van der Waals surface area contributed by atoms with Gasteiger partial charge in [0.2, 0.25) is 0 Å². The predicted molar refractivity (Wildman–Crippen MR) is 79.8 cm³/mol. The van der Waals surface area contributed by atoms with E-state index in [4.69, 9.17) is 0 Å². The van der Waals surface area contributed by atoms with Gasteiger partial charge in [-0.3, -0.25) is 4.68 Å². The van der Waals surface area contributed by atoms with Gasteiger partial charge in [-0.1, -0.05) is 32.0 Å². The number of halogens is 1. The number of hydrogen-bond donors (Lipinski definition) is 0. The highest BCUT2D eigenvalue weighted by atomic mass is 79.9. The summed E-state index contributed by atoms with van der Waals surface area (Å²) in [4.78, 5) is 2.45. The minimum absolute atomic E-state index is 0.945. The van der Waals surface area contributed by atoms with Gasteiger partial charge in [0.1, 0.15) is 4.60 Å².